The lowest BCUT2D eigenvalue weighted by Gasteiger charge is -2.47. The predicted molar refractivity (Wildman–Crippen MR) is 82.3 cm³/mol. The molecule has 106 valence electrons. The SMILES string of the molecule is CCCCN(CC)C1(CN)CCCc2ccccc21. The maximum Gasteiger partial charge on any atom is 0.0586 e. The van der Waals surface area contributed by atoms with Gasteiger partial charge in [-0.2, -0.15) is 0 Å². The van der Waals surface area contributed by atoms with Crippen LogP contribution in [0.3, 0.4) is 0 Å². The molecule has 2 nitrogen and oxygen atoms in total. The number of nitrogens with zero attached hydrogens (tertiary/aromatic N) is 1. The third kappa shape index (κ3) is 2.70. The smallest absolute Gasteiger partial charge is 0.0586 e. The largest absolute Gasteiger partial charge is 0.328 e. The van der Waals surface area contributed by atoms with Crippen LogP contribution in [0.2, 0.25) is 0 Å². The Balaban J connectivity index is 2.36. The van der Waals surface area contributed by atoms with E-state index in [9.17, 15) is 0 Å². The minimum Gasteiger partial charge on any atom is -0.328 e. The van der Waals surface area contributed by atoms with E-state index in [1.807, 2.05) is 0 Å². The Hall–Kier alpha value is -0.860. The number of likely N-dealkylation sites (N-methyl/N-ethyl adjacent to an activating group) is 1. The van der Waals surface area contributed by atoms with E-state index < -0.39 is 0 Å². The lowest BCUT2D eigenvalue weighted by Crippen LogP contribution is -2.53. The molecule has 0 bridgehead atoms. The standard InChI is InChI=1S/C17H28N2/c1-3-5-13-19(4-2)17(14-18)12-8-10-15-9-6-7-11-16(15)17/h6-7,9,11H,3-5,8,10,12-14,18H2,1-2H3. The maximum atomic E-state index is 6.26. The summed E-state index contributed by atoms with van der Waals surface area (Å²) in [6, 6.07) is 8.92. The highest BCUT2D eigenvalue weighted by Crippen LogP contribution is 2.39. The zero-order valence-electron chi connectivity index (χ0n) is 12.5. The summed E-state index contributed by atoms with van der Waals surface area (Å²) in [5.41, 5.74) is 9.34. The normalized spacial score (nSPS) is 22.5. The van der Waals surface area contributed by atoms with Crippen LogP contribution in [0.1, 0.15) is 50.7 Å². The van der Waals surface area contributed by atoms with Crippen molar-refractivity contribution in [1.29, 1.82) is 0 Å². The molecule has 0 fully saturated rings. The number of aryl methyl sites for hydroxylation is 1. The third-order valence-electron chi connectivity index (χ3n) is 4.66. The lowest BCUT2D eigenvalue weighted by atomic mass is 9.75. The highest BCUT2D eigenvalue weighted by Gasteiger charge is 2.39. The molecule has 0 aliphatic heterocycles. The van der Waals surface area contributed by atoms with Gasteiger partial charge in [0, 0.05) is 6.54 Å². The van der Waals surface area contributed by atoms with Gasteiger partial charge in [-0.3, -0.25) is 4.90 Å². The van der Waals surface area contributed by atoms with Gasteiger partial charge in [0.1, 0.15) is 0 Å². The average Bonchev–Trinajstić information content (AvgIpc) is 2.48. The van der Waals surface area contributed by atoms with Crippen molar-refractivity contribution in [2.75, 3.05) is 19.6 Å². The van der Waals surface area contributed by atoms with E-state index in [1.54, 1.807) is 0 Å². The first-order valence-electron chi connectivity index (χ1n) is 7.82. The molecule has 0 saturated heterocycles. The van der Waals surface area contributed by atoms with Gasteiger partial charge < -0.3 is 5.73 Å². The number of rotatable bonds is 6. The van der Waals surface area contributed by atoms with E-state index in [0.717, 1.165) is 13.1 Å². The molecule has 0 heterocycles. The van der Waals surface area contributed by atoms with Gasteiger partial charge in [0.05, 0.1) is 5.54 Å². The molecule has 2 heteroatoms. The molecule has 1 aromatic rings. The molecule has 0 spiro atoms. The minimum absolute atomic E-state index is 0.0821. The van der Waals surface area contributed by atoms with Crippen molar-refractivity contribution < 1.29 is 0 Å². The first-order chi connectivity index (χ1) is 9.28. The Bertz CT molecular complexity index is 402. The fourth-order valence-corrected chi connectivity index (χ4v) is 3.59. The molecule has 2 N–H and O–H groups in total. The second-order valence-electron chi connectivity index (χ2n) is 5.68. The highest BCUT2D eigenvalue weighted by atomic mass is 15.2. The number of benzene rings is 1. The van der Waals surface area contributed by atoms with Crippen LogP contribution < -0.4 is 5.73 Å². The summed E-state index contributed by atoms with van der Waals surface area (Å²) in [4.78, 5) is 2.62. The number of nitrogens with two attached hydrogens (primary N) is 1. The number of hydrogen-bond donors (Lipinski definition) is 1. The van der Waals surface area contributed by atoms with Crippen LogP contribution in [0.25, 0.3) is 0 Å². The summed E-state index contributed by atoms with van der Waals surface area (Å²) in [5, 5.41) is 0. The van der Waals surface area contributed by atoms with Gasteiger partial charge >= 0.3 is 0 Å². The van der Waals surface area contributed by atoms with Crippen molar-refractivity contribution in [1.82, 2.24) is 4.90 Å². The molecule has 0 aromatic heterocycles. The van der Waals surface area contributed by atoms with Gasteiger partial charge in [0.25, 0.3) is 0 Å². The molecule has 1 atom stereocenters. The van der Waals surface area contributed by atoms with Gasteiger partial charge in [-0.15, -0.1) is 0 Å². The number of fused-ring (bicyclic) bond motifs is 1. The van der Waals surface area contributed by atoms with Gasteiger partial charge in [-0.25, -0.2) is 0 Å². The predicted octanol–water partition coefficient (Wildman–Crippen LogP) is 3.30. The molecule has 1 aromatic carbocycles. The Kier molecular flexibility index (Phi) is 5.00. The minimum atomic E-state index is 0.0821. The average molecular weight is 260 g/mol. The summed E-state index contributed by atoms with van der Waals surface area (Å²) in [5.74, 6) is 0. The van der Waals surface area contributed by atoms with Crippen LogP contribution in [0.4, 0.5) is 0 Å². The first kappa shape index (κ1) is 14.5. The van der Waals surface area contributed by atoms with Crippen LogP contribution in [-0.4, -0.2) is 24.5 Å². The summed E-state index contributed by atoms with van der Waals surface area (Å²) in [6.45, 7) is 7.52. The van der Waals surface area contributed by atoms with Crippen molar-refractivity contribution in [2.45, 2.75) is 51.5 Å². The fourth-order valence-electron chi connectivity index (χ4n) is 3.59. The summed E-state index contributed by atoms with van der Waals surface area (Å²) >= 11 is 0. The molecular formula is C17H28N2. The monoisotopic (exact) mass is 260 g/mol. The van der Waals surface area contributed by atoms with E-state index in [4.69, 9.17) is 5.73 Å². The van der Waals surface area contributed by atoms with Crippen LogP contribution in [0.5, 0.6) is 0 Å². The van der Waals surface area contributed by atoms with E-state index in [1.165, 1.54) is 49.8 Å². The van der Waals surface area contributed by atoms with Crippen molar-refractivity contribution in [3.63, 3.8) is 0 Å². The highest BCUT2D eigenvalue weighted by molar-refractivity contribution is 5.36. The zero-order valence-corrected chi connectivity index (χ0v) is 12.5. The molecular weight excluding hydrogens is 232 g/mol. The molecule has 1 aliphatic rings. The molecule has 0 saturated carbocycles. The van der Waals surface area contributed by atoms with Crippen molar-refractivity contribution in [2.24, 2.45) is 5.73 Å². The summed E-state index contributed by atoms with van der Waals surface area (Å²) in [6.07, 6.45) is 6.19. The molecule has 2 rings (SSSR count). The molecule has 0 amide bonds. The molecule has 19 heavy (non-hydrogen) atoms. The Morgan fingerprint density at radius 2 is 2.05 bits per heavy atom. The van der Waals surface area contributed by atoms with E-state index in [0.29, 0.717) is 0 Å². The third-order valence-corrected chi connectivity index (χ3v) is 4.66. The molecule has 1 aliphatic carbocycles. The Morgan fingerprint density at radius 1 is 1.26 bits per heavy atom. The maximum absolute atomic E-state index is 6.26. The quantitative estimate of drug-likeness (QED) is 0.850. The van der Waals surface area contributed by atoms with E-state index >= 15 is 0 Å². The van der Waals surface area contributed by atoms with Gasteiger partial charge in [0.15, 0.2) is 0 Å². The summed E-state index contributed by atoms with van der Waals surface area (Å²) in [7, 11) is 0. The summed E-state index contributed by atoms with van der Waals surface area (Å²) < 4.78 is 0. The lowest BCUT2D eigenvalue weighted by molar-refractivity contribution is 0.0780. The zero-order chi connectivity index (χ0) is 13.7. The van der Waals surface area contributed by atoms with Crippen molar-refractivity contribution in [3.05, 3.63) is 35.4 Å². The van der Waals surface area contributed by atoms with Crippen molar-refractivity contribution in [3.8, 4) is 0 Å². The fraction of sp³-hybridized carbons (Fsp3) is 0.647. The molecule has 1 unspecified atom stereocenters. The second kappa shape index (κ2) is 6.53. The van der Waals surface area contributed by atoms with Gasteiger partial charge in [-0.05, 0) is 49.9 Å². The van der Waals surface area contributed by atoms with Crippen LogP contribution in [0, 0.1) is 0 Å². The van der Waals surface area contributed by atoms with Crippen LogP contribution in [0.15, 0.2) is 24.3 Å². The van der Waals surface area contributed by atoms with E-state index in [2.05, 4.69) is 43.0 Å². The topological polar surface area (TPSA) is 29.3 Å². The van der Waals surface area contributed by atoms with Gasteiger partial charge in [-0.1, -0.05) is 44.5 Å². The number of hydrogen-bond acceptors (Lipinski definition) is 2. The molecule has 0 radical (unpaired) electrons. The van der Waals surface area contributed by atoms with Crippen molar-refractivity contribution >= 4 is 0 Å². The van der Waals surface area contributed by atoms with Crippen LogP contribution in [-0.2, 0) is 12.0 Å². The Morgan fingerprint density at radius 3 is 2.74 bits per heavy atom. The first-order valence-corrected chi connectivity index (χ1v) is 7.82. The van der Waals surface area contributed by atoms with Crippen LogP contribution >= 0.6 is 0 Å². The number of unbranched alkanes of at least 4 members (excludes halogenated alkanes) is 1. The van der Waals surface area contributed by atoms with E-state index in [-0.39, 0.29) is 5.54 Å². The van der Waals surface area contributed by atoms with Gasteiger partial charge in [0.2, 0.25) is 0 Å². The second-order valence-corrected chi connectivity index (χ2v) is 5.68. The Labute approximate surface area is 118 Å².